The minimum atomic E-state index is -0.592. The topological polar surface area (TPSA) is 99.9 Å². The highest BCUT2D eigenvalue weighted by molar-refractivity contribution is 9.10. The Hall–Kier alpha value is -1.80. The highest BCUT2D eigenvalue weighted by atomic mass is 79.9. The van der Waals surface area contributed by atoms with Crippen LogP contribution in [-0.2, 0) is 5.54 Å². The number of halogens is 1. The van der Waals surface area contributed by atoms with Gasteiger partial charge in [0.1, 0.15) is 5.69 Å². The molecular formula is C11H12BrN5O2. The van der Waals surface area contributed by atoms with Gasteiger partial charge in [0.05, 0.1) is 26.8 Å². The molecule has 100 valence electrons. The zero-order valence-electron chi connectivity index (χ0n) is 10.4. The third-order valence-corrected chi connectivity index (χ3v) is 3.18. The monoisotopic (exact) mass is 325 g/mol. The van der Waals surface area contributed by atoms with Crippen molar-refractivity contribution in [2.45, 2.75) is 19.4 Å². The first kappa shape index (κ1) is 13.6. The van der Waals surface area contributed by atoms with Gasteiger partial charge in [0.25, 0.3) is 5.69 Å². The standard InChI is InChI=1S/C11H12BrN5O2/c1-11(2,13)10-6-16(15-14-10)9-4-3-7(17(18)19)5-8(9)12/h3-6H,13H2,1-2H3. The van der Waals surface area contributed by atoms with Crippen molar-refractivity contribution in [3.05, 3.63) is 44.7 Å². The zero-order chi connectivity index (χ0) is 14.2. The number of benzene rings is 1. The predicted octanol–water partition coefficient (Wildman–Crippen LogP) is 2.13. The first-order valence-electron chi connectivity index (χ1n) is 5.45. The lowest BCUT2D eigenvalue weighted by Crippen LogP contribution is -2.29. The molecule has 0 unspecified atom stereocenters. The van der Waals surface area contributed by atoms with Gasteiger partial charge in [-0.25, -0.2) is 4.68 Å². The van der Waals surface area contributed by atoms with Crippen molar-refractivity contribution in [1.29, 1.82) is 0 Å². The molecule has 0 aliphatic carbocycles. The molecule has 7 nitrogen and oxygen atoms in total. The lowest BCUT2D eigenvalue weighted by Gasteiger charge is -2.13. The van der Waals surface area contributed by atoms with Crippen LogP contribution in [0.4, 0.5) is 5.69 Å². The second-order valence-electron chi connectivity index (χ2n) is 4.66. The van der Waals surface area contributed by atoms with E-state index in [2.05, 4.69) is 26.2 Å². The molecule has 0 atom stereocenters. The van der Waals surface area contributed by atoms with Crippen molar-refractivity contribution < 1.29 is 4.92 Å². The molecule has 19 heavy (non-hydrogen) atoms. The van der Waals surface area contributed by atoms with Gasteiger partial charge in [-0.15, -0.1) is 5.10 Å². The van der Waals surface area contributed by atoms with E-state index >= 15 is 0 Å². The Labute approximate surface area is 117 Å². The van der Waals surface area contributed by atoms with Gasteiger partial charge in [0, 0.05) is 12.1 Å². The molecule has 2 rings (SSSR count). The van der Waals surface area contributed by atoms with E-state index in [0.29, 0.717) is 15.9 Å². The molecule has 1 heterocycles. The third kappa shape index (κ3) is 2.79. The van der Waals surface area contributed by atoms with E-state index < -0.39 is 10.5 Å². The number of nitrogens with two attached hydrogens (primary N) is 1. The normalized spacial score (nSPS) is 11.6. The van der Waals surface area contributed by atoms with Gasteiger partial charge in [-0.05, 0) is 35.8 Å². The van der Waals surface area contributed by atoms with Crippen LogP contribution < -0.4 is 5.73 Å². The van der Waals surface area contributed by atoms with Gasteiger partial charge in [-0.1, -0.05) is 5.21 Å². The van der Waals surface area contributed by atoms with Crippen molar-refractivity contribution in [2.24, 2.45) is 5.73 Å². The summed E-state index contributed by atoms with van der Waals surface area (Å²) < 4.78 is 2.09. The molecule has 0 bridgehead atoms. The van der Waals surface area contributed by atoms with E-state index in [9.17, 15) is 10.1 Å². The summed E-state index contributed by atoms with van der Waals surface area (Å²) in [5.41, 5.74) is 6.65. The van der Waals surface area contributed by atoms with E-state index in [0.717, 1.165) is 0 Å². The van der Waals surface area contributed by atoms with Crippen LogP contribution in [-0.4, -0.2) is 19.9 Å². The lowest BCUT2D eigenvalue weighted by atomic mass is 10.0. The summed E-state index contributed by atoms with van der Waals surface area (Å²) in [4.78, 5) is 10.2. The Kier molecular flexibility index (Phi) is 3.38. The van der Waals surface area contributed by atoms with Gasteiger partial charge in [-0.2, -0.15) is 0 Å². The van der Waals surface area contributed by atoms with E-state index in [1.54, 1.807) is 12.3 Å². The Balaban J connectivity index is 2.43. The molecule has 1 aromatic heterocycles. The maximum Gasteiger partial charge on any atom is 0.270 e. The summed E-state index contributed by atoms with van der Waals surface area (Å²) in [6, 6.07) is 4.43. The van der Waals surface area contributed by atoms with Crippen LogP contribution in [0, 0.1) is 10.1 Å². The highest BCUT2D eigenvalue weighted by Crippen LogP contribution is 2.26. The second-order valence-corrected chi connectivity index (χ2v) is 5.52. The molecule has 0 aliphatic rings. The van der Waals surface area contributed by atoms with Gasteiger partial charge in [-0.3, -0.25) is 10.1 Å². The van der Waals surface area contributed by atoms with Crippen LogP contribution in [0.5, 0.6) is 0 Å². The Morgan fingerprint density at radius 2 is 2.16 bits per heavy atom. The summed E-state index contributed by atoms with van der Waals surface area (Å²) in [7, 11) is 0. The van der Waals surface area contributed by atoms with Crippen LogP contribution in [0.2, 0.25) is 0 Å². The average molecular weight is 326 g/mol. The number of nitro benzene ring substituents is 1. The molecule has 1 aromatic carbocycles. The molecule has 2 aromatic rings. The smallest absolute Gasteiger partial charge is 0.270 e. The van der Waals surface area contributed by atoms with Crippen molar-refractivity contribution in [1.82, 2.24) is 15.0 Å². The Bertz CT molecular complexity index is 632. The maximum absolute atomic E-state index is 10.7. The van der Waals surface area contributed by atoms with Crippen LogP contribution >= 0.6 is 15.9 Å². The maximum atomic E-state index is 10.7. The number of non-ortho nitro benzene ring substituents is 1. The van der Waals surface area contributed by atoms with E-state index in [-0.39, 0.29) is 5.69 Å². The van der Waals surface area contributed by atoms with Crippen LogP contribution in [0.25, 0.3) is 5.69 Å². The zero-order valence-corrected chi connectivity index (χ0v) is 12.0. The van der Waals surface area contributed by atoms with Crippen molar-refractivity contribution >= 4 is 21.6 Å². The average Bonchev–Trinajstić information content (AvgIpc) is 2.77. The van der Waals surface area contributed by atoms with Crippen LogP contribution in [0.15, 0.2) is 28.9 Å². The quantitative estimate of drug-likeness (QED) is 0.688. The molecule has 0 aliphatic heterocycles. The Morgan fingerprint density at radius 3 is 2.63 bits per heavy atom. The largest absolute Gasteiger partial charge is 0.320 e. The first-order chi connectivity index (χ1) is 8.79. The molecule has 0 amide bonds. The molecule has 0 radical (unpaired) electrons. The molecule has 2 N–H and O–H groups in total. The highest BCUT2D eigenvalue weighted by Gasteiger charge is 2.19. The predicted molar refractivity (Wildman–Crippen MR) is 72.9 cm³/mol. The van der Waals surface area contributed by atoms with Crippen molar-refractivity contribution in [3.8, 4) is 5.69 Å². The number of hydrogen-bond acceptors (Lipinski definition) is 5. The molecule has 0 fully saturated rings. The summed E-state index contributed by atoms with van der Waals surface area (Å²) in [6.45, 7) is 3.65. The number of nitro groups is 1. The minimum absolute atomic E-state index is 0.00937. The number of hydrogen-bond donors (Lipinski definition) is 1. The van der Waals surface area contributed by atoms with Gasteiger partial charge in [0.2, 0.25) is 0 Å². The van der Waals surface area contributed by atoms with Gasteiger partial charge >= 0.3 is 0 Å². The number of nitrogens with zero attached hydrogens (tertiary/aromatic N) is 4. The van der Waals surface area contributed by atoms with E-state index in [4.69, 9.17) is 5.73 Å². The second kappa shape index (κ2) is 4.71. The molecular weight excluding hydrogens is 314 g/mol. The number of aromatic nitrogens is 3. The fraction of sp³-hybridized carbons (Fsp3) is 0.273. The summed E-state index contributed by atoms with van der Waals surface area (Å²) in [6.07, 6.45) is 1.70. The lowest BCUT2D eigenvalue weighted by molar-refractivity contribution is -0.384. The van der Waals surface area contributed by atoms with Gasteiger partial charge in [0.15, 0.2) is 0 Å². The van der Waals surface area contributed by atoms with Crippen molar-refractivity contribution in [2.75, 3.05) is 0 Å². The fourth-order valence-corrected chi connectivity index (χ4v) is 2.02. The molecule has 0 saturated carbocycles. The molecule has 0 spiro atoms. The molecule has 0 saturated heterocycles. The van der Waals surface area contributed by atoms with E-state index in [1.807, 2.05) is 13.8 Å². The number of rotatable bonds is 3. The van der Waals surface area contributed by atoms with Gasteiger partial charge < -0.3 is 5.73 Å². The van der Waals surface area contributed by atoms with Crippen LogP contribution in [0.3, 0.4) is 0 Å². The molecule has 8 heteroatoms. The van der Waals surface area contributed by atoms with Crippen LogP contribution in [0.1, 0.15) is 19.5 Å². The first-order valence-corrected chi connectivity index (χ1v) is 6.24. The summed E-state index contributed by atoms with van der Waals surface area (Å²) >= 11 is 3.29. The summed E-state index contributed by atoms with van der Waals surface area (Å²) in [5.74, 6) is 0. The van der Waals surface area contributed by atoms with Crippen molar-refractivity contribution in [3.63, 3.8) is 0 Å². The Morgan fingerprint density at radius 1 is 1.47 bits per heavy atom. The fourth-order valence-electron chi connectivity index (χ4n) is 1.47. The SMILES string of the molecule is CC(C)(N)c1cn(-c2ccc([N+](=O)[O-])cc2Br)nn1. The summed E-state index contributed by atoms with van der Waals surface area (Å²) in [5, 5.41) is 18.6. The minimum Gasteiger partial charge on any atom is -0.320 e. The third-order valence-electron chi connectivity index (χ3n) is 2.54. The van der Waals surface area contributed by atoms with E-state index in [1.165, 1.54) is 16.8 Å².